The molecule has 4 heteroatoms. The fourth-order valence-corrected chi connectivity index (χ4v) is 5.00. The van der Waals surface area contributed by atoms with E-state index in [1.165, 1.54) is 36.8 Å². The first-order chi connectivity index (χ1) is 11.2. The summed E-state index contributed by atoms with van der Waals surface area (Å²) in [5.41, 5.74) is 2.61. The molecule has 24 heavy (non-hydrogen) atoms. The van der Waals surface area contributed by atoms with Crippen LogP contribution in [0.2, 0.25) is 0 Å². The minimum atomic E-state index is 0. The van der Waals surface area contributed by atoms with Crippen molar-refractivity contribution in [2.45, 2.75) is 70.0 Å². The van der Waals surface area contributed by atoms with Crippen molar-refractivity contribution in [2.75, 3.05) is 6.54 Å². The minimum Gasteiger partial charge on any atom is -0.336 e. The van der Waals surface area contributed by atoms with E-state index in [4.69, 9.17) is 0 Å². The Kier molecular flexibility index (Phi) is 5.51. The van der Waals surface area contributed by atoms with Crippen LogP contribution in [0.5, 0.6) is 0 Å². The van der Waals surface area contributed by atoms with Crippen LogP contribution in [0.3, 0.4) is 0 Å². The van der Waals surface area contributed by atoms with Crippen molar-refractivity contribution in [3.8, 4) is 0 Å². The van der Waals surface area contributed by atoms with Crippen molar-refractivity contribution >= 4 is 18.3 Å². The fourth-order valence-electron chi connectivity index (χ4n) is 5.00. The Bertz CT molecular complexity index is 579. The molecule has 3 aliphatic heterocycles. The summed E-state index contributed by atoms with van der Waals surface area (Å²) in [5.74, 6) is 0.986. The molecule has 1 N–H and O–H groups in total. The number of halogens is 1. The molecule has 0 aliphatic carbocycles. The number of amides is 1. The maximum atomic E-state index is 12.9. The zero-order chi connectivity index (χ0) is 15.8. The molecule has 0 aromatic heterocycles. The fraction of sp³-hybridized carbons (Fsp3) is 0.650. The van der Waals surface area contributed by atoms with Gasteiger partial charge in [-0.15, -0.1) is 12.4 Å². The van der Waals surface area contributed by atoms with Crippen molar-refractivity contribution in [1.29, 1.82) is 0 Å². The van der Waals surface area contributed by atoms with Gasteiger partial charge < -0.3 is 10.2 Å². The van der Waals surface area contributed by atoms with Crippen LogP contribution < -0.4 is 5.32 Å². The third kappa shape index (κ3) is 3.62. The Labute approximate surface area is 151 Å². The molecule has 3 unspecified atom stereocenters. The number of benzene rings is 1. The molecule has 3 atom stereocenters. The number of fused-ring (bicyclic) bond motifs is 2. The molecule has 3 saturated heterocycles. The molecule has 1 aromatic carbocycles. The zero-order valence-electron chi connectivity index (χ0n) is 14.5. The van der Waals surface area contributed by atoms with E-state index in [9.17, 15) is 4.79 Å². The molecule has 132 valence electrons. The van der Waals surface area contributed by atoms with Crippen molar-refractivity contribution in [2.24, 2.45) is 5.92 Å². The summed E-state index contributed by atoms with van der Waals surface area (Å²) in [6.07, 6.45) is 8.04. The van der Waals surface area contributed by atoms with Gasteiger partial charge in [-0.1, -0.05) is 29.8 Å². The van der Waals surface area contributed by atoms with Crippen LogP contribution in [0.25, 0.3) is 0 Å². The quantitative estimate of drug-likeness (QED) is 0.895. The second-order valence-electron chi connectivity index (χ2n) is 7.84. The summed E-state index contributed by atoms with van der Waals surface area (Å²) in [6.45, 7) is 3.07. The highest BCUT2D eigenvalue weighted by Crippen LogP contribution is 2.36. The minimum absolute atomic E-state index is 0. The number of aryl methyl sites for hydroxylation is 1. The largest absolute Gasteiger partial charge is 0.336 e. The lowest BCUT2D eigenvalue weighted by Crippen LogP contribution is -2.40. The van der Waals surface area contributed by atoms with Crippen molar-refractivity contribution in [3.05, 3.63) is 35.4 Å². The van der Waals surface area contributed by atoms with E-state index in [2.05, 4.69) is 41.4 Å². The molecular formula is C20H29ClN2O. The Morgan fingerprint density at radius 3 is 2.67 bits per heavy atom. The van der Waals surface area contributed by atoms with Crippen LogP contribution in [0.4, 0.5) is 0 Å². The summed E-state index contributed by atoms with van der Waals surface area (Å²) in [5, 5.41) is 3.68. The monoisotopic (exact) mass is 348 g/mol. The van der Waals surface area contributed by atoms with Crippen molar-refractivity contribution < 1.29 is 4.79 Å². The number of piperidine rings is 1. The van der Waals surface area contributed by atoms with Gasteiger partial charge in [-0.05, 0) is 56.9 Å². The number of hydrogen-bond donors (Lipinski definition) is 1. The normalized spacial score (nSPS) is 31.8. The topological polar surface area (TPSA) is 32.3 Å². The molecule has 3 aliphatic rings. The van der Waals surface area contributed by atoms with Crippen LogP contribution in [-0.2, 0) is 4.79 Å². The van der Waals surface area contributed by atoms with E-state index >= 15 is 0 Å². The Morgan fingerprint density at radius 2 is 1.96 bits per heavy atom. The maximum Gasteiger partial charge on any atom is 0.223 e. The van der Waals surface area contributed by atoms with Crippen LogP contribution in [0.15, 0.2) is 24.3 Å². The van der Waals surface area contributed by atoms with E-state index < -0.39 is 0 Å². The van der Waals surface area contributed by atoms with E-state index in [0.29, 0.717) is 30.0 Å². The van der Waals surface area contributed by atoms with Gasteiger partial charge in [-0.25, -0.2) is 0 Å². The molecular weight excluding hydrogens is 320 g/mol. The van der Waals surface area contributed by atoms with Gasteiger partial charge >= 0.3 is 0 Å². The first-order valence-corrected chi connectivity index (χ1v) is 9.31. The summed E-state index contributed by atoms with van der Waals surface area (Å²) in [4.78, 5) is 15.1. The van der Waals surface area contributed by atoms with Crippen LogP contribution >= 0.6 is 12.4 Å². The lowest BCUT2D eigenvalue weighted by molar-refractivity contribution is -0.133. The van der Waals surface area contributed by atoms with Gasteiger partial charge in [0.1, 0.15) is 0 Å². The lowest BCUT2D eigenvalue weighted by atomic mass is 9.89. The predicted octanol–water partition coefficient (Wildman–Crippen LogP) is 4.00. The molecule has 3 heterocycles. The first-order valence-electron chi connectivity index (χ1n) is 9.31. The molecule has 0 saturated carbocycles. The SMILES string of the molecule is Cc1cccc(C2CCCN2C(=O)CC2CC3CCC(C2)N3)c1.Cl. The summed E-state index contributed by atoms with van der Waals surface area (Å²) in [7, 11) is 0. The Balaban J connectivity index is 0.00000169. The first kappa shape index (κ1) is 17.8. The van der Waals surface area contributed by atoms with Gasteiger partial charge in [0.15, 0.2) is 0 Å². The number of likely N-dealkylation sites (tertiary alicyclic amines) is 1. The van der Waals surface area contributed by atoms with Crippen LogP contribution in [0, 0.1) is 12.8 Å². The smallest absolute Gasteiger partial charge is 0.223 e. The third-order valence-electron chi connectivity index (χ3n) is 6.03. The number of nitrogens with one attached hydrogen (secondary N) is 1. The molecule has 0 radical (unpaired) electrons. The van der Waals surface area contributed by atoms with Crippen LogP contribution in [-0.4, -0.2) is 29.4 Å². The van der Waals surface area contributed by atoms with Gasteiger partial charge in [0.05, 0.1) is 6.04 Å². The van der Waals surface area contributed by atoms with Gasteiger partial charge in [-0.3, -0.25) is 4.79 Å². The summed E-state index contributed by atoms with van der Waals surface area (Å²) < 4.78 is 0. The van der Waals surface area contributed by atoms with E-state index in [1.54, 1.807) is 0 Å². The van der Waals surface area contributed by atoms with Gasteiger partial charge in [-0.2, -0.15) is 0 Å². The van der Waals surface area contributed by atoms with E-state index in [0.717, 1.165) is 25.8 Å². The Morgan fingerprint density at radius 1 is 1.21 bits per heavy atom. The highest BCUT2D eigenvalue weighted by molar-refractivity contribution is 5.85. The third-order valence-corrected chi connectivity index (χ3v) is 6.03. The number of carbonyl (C=O) groups is 1. The van der Waals surface area contributed by atoms with Crippen LogP contribution in [0.1, 0.15) is 62.1 Å². The van der Waals surface area contributed by atoms with Gasteiger partial charge in [0, 0.05) is 25.0 Å². The highest BCUT2D eigenvalue weighted by atomic mass is 35.5. The molecule has 3 fully saturated rings. The molecule has 0 spiro atoms. The van der Waals surface area contributed by atoms with Crippen molar-refractivity contribution in [3.63, 3.8) is 0 Å². The number of rotatable bonds is 3. The second-order valence-corrected chi connectivity index (χ2v) is 7.84. The average molecular weight is 349 g/mol. The lowest BCUT2D eigenvalue weighted by Gasteiger charge is -2.31. The average Bonchev–Trinajstić information content (AvgIpc) is 3.14. The van der Waals surface area contributed by atoms with Crippen molar-refractivity contribution in [1.82, 2.24) is 10.2 Å². The highest BCUT2D eigenvalue weighted by Gasteiger charge is 2.36. The number of hydrogen-bond acceptors (Lipinski definition) is 2. The molecule has 2 bridgehead atoms. The molecule has 4 rings (SSSR count). The maximum absolute atomic E-state index is 12.9. The summed E-state index contributed by atoms with van der Waals surface area (Å²) in [6, 6.07) is 10.4. The standard InChI is InChI=1S/C20H28N2O.ClH/c1-14-4-2-5-16(10-14)19-6-3-9-22(19)20(23)13-15-11-17-7-8-18(12-15)21-17;/h2,4-5,10,15,17-19,21H,3,6-9,11-13H2,1H3;1H. The van der Waals surface area contributed by atoms with E-state index in [1.807, 2.05) is 0 Å². The Hall–Kier alpha value is -1.06. The van der Waals surface area contributed by atoms with Gasteiger partial charge in [0.25, 0.3) is 0 Å². The number of nitrogens with zero attached hydrogens (tertiary/aromatic N) is 1. The molecule has 3 nitrogen and oxygen atoms in total. The zero-order valence-corrected chi connectivity index (χ0v) is 15.4. The second kappa shape index (κ2) is 7.45. The molecule has 1 aromatic rings. The predicted molar refractivity (Wildman–Crippen MR) is 99.4 cm³/mol. The van der Waals surface area contributed by atoms with Gasteiger partial charge in [0.2, 0.25) is 5.91 Å². The van der Waals surface area contributed by atoms with E-state index in [-0.39, 0.29) is 12.4 Å². The summed E-state index contributed by atoms with van der Waals surface area (Å²) >= 11 is 0. The number of carbonyl (C=O) groups excluding carboxylic acids is 1. The molecule has 1 amide bonds.